The first kappa shape index (κ1) is 17.9. The summed E-state index contributed by atoms with van der Waals surface area (Å²) in [5.41, 5.74) is 5.17. The van der Waals surface area contributed by atoms with Gasteiger partial charge in [-0.05, 0) is 13.0 Å². The van der Waals surface area contributed by atoms with Crippen molar-refractivity contribution in [2.45, 2.75) is 12.8 Å². The molecule has 12 heavy (non-hydrogen) atoms. The topological polar surface area (TPSA) is 72.5 Å². The van der Waals surface area contributed by atoms with E-state index in [1.807, 2.05) is 0 Å². The minimum atomic E-state index is -0.826. The summed E-state index contributed by atoms with van der Waals surface area (Å²) in [6.45, 7) is 1.44. The average molecular weight is 220 g/mol. The van der Waals surface area contributed by atoms with Gasteiger partial charge < -0.3 is 15.6 Å². The van der Waals surface area contributed by atoms with E-state index in [9.17, 15) is 4.79 Å². The van der Waals surface area contributed by atoms with E-state index in [2.05, 4.69) is 0 Å². The molecule has 4 nitrogen and oxygen atoms in total. The van der Waals surface area contributed by atoms with Crippen LogP contribution in [0.5, 0.6) is 0 Å². The standard InChI is InChI=1S/C6H13NO3.2ClH/c7-3-1-4-10-5-2-6(8)9;;/h1-5,7H2,(H,8,9);2*1H. The molecule has 0 aliphatic carbocycles. The highest BCUT2D eigenvalue weighted by molar-refractivity contribution is 5.85. The maximum Gasteiger partial charge on any atom is 0.305 e. The molecule has 0 aliphatic heterocycles. The minimum Gasteiger partial charge on any atom is -0.481 e. The fourth-order valence-electron chi connectivity index (χ4n) is 0.447. The summed E-state index contributed by atoms with van der Waals surface area (Å²) in [5.74, 6) is -0.826. The Bertz CT molecular complexity index is 103. The van der Waals surface area contributed by atoms with Gasteiger partial charge in [-0.2, -0.15) is 0 Å². The van der Waals surface area contributed by atoms with Crippen molar-refractivity contribution in [1.29, 1.82) is 0 Å². The van der Waals surface area contributed by atoms with Crippen molar-refractivity contribution in [1.82, 2.24) is 0 Å². The molecular weight excluding hydrogens is 205 g/mol. The summed E-state index contributed by atoms with van der Waals surface area (Å²) in [4.78, 5) is 9.93. The maximum atomic E-state index is 9.93. The van der Waals surface area contributed by atoms with Crippen molar-refractivity contribution in [3.8, 4) is 0 Å². The van der Waals surface area contributed by atoms with Crippen LogP contribution in [0.4, 0.5) is 0 Å². The van der Waals surface area contributed by atoms with Crippen LogP contribution in [0, 0.1) is 0 Å². The van der Waals surface area contributed by atoms with Crippen LogP contribution in [-0.4, -0.2) is 30.8 Å². The number of rotatable bonds is 6. The number of ether oxygens (including phenoxy) is 1. The number of hydrogen-bond acceptors (Lipinski definition) is 3. The smallest absolute Gasteiger partial charge is 0.305 e. The molecule has 0 rings (SSSR count). The van der Waals surface area contributed by atoms with Crippen LogP contribution in [0.15, 0.2) is 0 Å². The van der Waals surface area contributed by atoms with Gasteiger partial charge in [-0.3, -0.25) is 4.79 Å². The first-order valence-corrected chi connectivity index (χ1v) is 3.27. The zero-order chi connectivity index (χ0) is 7.82. The van der Waals surface area contributed by atoms with Gasteiger partial charge in [-0.25, -0.2) is 0 Å². The molecule has 0 spiro atoms. The highest BCUT2D eigenvalue weighted by Crippen LogP contribution is 1.84. The van der Waals surface area contributed by atoms with Gasteiger partial charge in [0.25, 0.3) is 0 Å². The molecule has 0 saturated carbocycles. The number of carbonyl (C=O) groups is 1. The largest absolute Gasteiger partial charge is 0.481 e. The van der Waals surface area contributed by atoms with E-state index in [0.29, 0.717) is 13.2 Å². The summed E-state index contributed by atoms with van der Waals surface area (Å²) in [7, 11) is 0. The number of halogens is 2. The molecular formula is C6H15Cl2NO3. The molecule has 0 aromatic heterocycles. The predicted octanol–water partition coefficient (Wildman–Crippen LogP) is 0.670. The Balaban J connectivity index is -0.000000405. The second-order valence-corrected chi connectivity index (χ2v) is 1.90. The molecule has 6 heteroatoms. The second-order valence-electron chi connectivity index (χ2n) is 1.90. The Morgan fingerprint density at radius 3 is 2.33 bits per heavy atom. The molecule has 0 saturated heterocycles. The maximum absolute atomic E-state index is 9.93. The van der Waals surface area contributed by atoms with Gasteiger partial charge in [-0.1, -0.05) is 0 Å². The zero-order valence-electron chi connectivity index (χ0n) is 6.69. The molecule has 0 radical (unpaired) electrons. The number of carboxylic acid groups (broad SMARTS) is 1. The average Bonchev–Trinajstić information content (AvgIpc) is 1.87. The minimum absolute atomic E-state index is 0. The fourth-order valence-corrected chi connectivity index (χ4v) is 0.447. The van der Waals surface area contributed by atoms with E-state index < -0.39 is 5.97 Å². The third-order valence-electron chi connectivity index (χ3n) is 0.953. The third-order valence-corrected chi connectivity index (χ3v) is 0.953. The van der Waals surface area contributed by atoms with Crippen molar-refractivity contribution in [2.24, 2.45) is 5.73 Å². The lowest BCUT2D eigenvalue weighted by Gasteiger charge is -1.98. The summed E-state index contributed by atoms with van der Waals surface area (Å²) in [5, 5.41) is 8.17. The van der Waals surface area contributed by atoms with Crippen molar-refractivity contribution < 1.29 is 14.6 Å². The van der Waals surface area contributed by atoms with E-state index in [1.54, 1.807) is 0 Å². The van der Waals surface area contributed by atoms with Crippen LogP contribution >= 0.6 is 24.8 Å². The zero-order valence-corrected chi connectivity index (χ0v) is 8.33. The first-order valence-electron chi connectivity index (χ1n) is 3.27. The number of aliphatic carboxylic acids is 1. The highest BCUT2D eigenvalue weighted by Gasteiger charge is 1.94. The van der Waals surface area contributed by atoms with E-state index >= 15 is 0 Å². The van der Waals surface area contributed by atoms with Crippen LogP contribution < -0.4 is 5.73 Å². The summed E-state index contributed by atoms with van der Waals surface area (Å²) < 4.78 is 4.92. The molecule has 0 aliphatic rings. The Morgan fingerprint density at radius 1 is 1.33 bits per heavy atom. The van der Waals surface area contributed by atoms with Gasteiger partial charge in [0.1, 0.15) is 0 Å². The van der Waals surface area contributed by atoms with Crippen LogP contribution in [0.1, 0.15) is 12.8 Å². The van der Waals surface area contributed by atoms with E-state index in [4.69, 9.17) is 15.6 Å². The first-order chi connectivity index (χ1) is 4.77. The van der Waals surface area contributed by atoms with E-state index in [-0.39, 0.29) is 37.8 Å². The van der Waals surface area contributed by atoms with Crippen molar-refractivity contribution in [3.63, 3.8) is 0 Å². The fraction of sp³-hybridized carbons (Fsp3) is 0.833. The van der Waals surface area contributed by atoms with Crippen molar-refractivity contribution in [2.75, 3.05) is 19.8 Å². The predicted molar refractivity (Wildman–Crippen MR) is 51.2 cm³/mol. The lowest BCUT2D eigenvalue weighted by atomic mass is 10.4. The molecule has 0 heterocycles. The summed E-state index contributed by atoms with van der Waals surface area (Å²) in [6.07, 6.45) is 0.865. The van der Waals surface area contributed by atoms with Gasteiger partial charge in [0, 0.05) is 6.61 Å². The molecule has 3 N–H and O–H groups in total. The van der Waals surface area contributed by atoms with Gasteiger partial charge in [0.2, 0.25) is 0 Å². The number of carboxylic acids is 1. The van der Waals surface area contributed by atoms with E-state index in [0.717, 1.165) is 6.42 Å². The Labute approximate surface area is 84.3 Å². The summed E-state index contributed by atoms with van der Waals surface area (Å²) in [6, 6.07) is 0. The van der Waals surface area contributed by atoms with Gasteiger partial charge in [0.05, 0.1) is 13.0 Å². The summed E-state index contributed by atoms with van der Waals surface area (Å²) >= 11 is 0. The molecule has 0 amide bonds. The highest BCUT2D eigenvalue weighted by atomic mass is 35.5. The van der Waals surface area contributed by atoms with Gasteiger partial charge in [-0.15, -0.1) is 24.8 Å². The molecule has 76 valence electrons. The van der Waals surface area contributed by atoms with Crippen LogP contribution in [0.3, 0.4) is 0 Å². The quantitative estimate of drug-likeness (QED) is 0.645. The van der Waals surface area contributed by atoms with Gasteiger partial charge >= 0.3 is 5.97 Å². The lowest BCUT2D eigenvalue weighted by molar-refractivity contribution is -0.138. The molecule has 0 fully saturated rings. The molecule has 0 atom stereocenters. The van der Waals surface area contributed by atoms with Crippen LogP contribution in [0.25, 0.3) is 0 Å². The molecule has 0 bridgehead atoms. The second kappa shape index (κ2) is 13.6. The molecule has 0 unspecified atom stereocenters. The number of hydrogen-bond donors (Lipinski definition) is 2. The molecule has 0 aromatic carbocycles. The molecule has 0 aromatic rings. The van der Waals surface area contributed by atoms with E-state index in [1.165, 1.54) is 0 Å². The van der Waals surface area contributed by atoms with Gasteiger partial charge in [0.15, 0.2) is 0 Å². The number of nitrogens with two attached hydrogens (primary N) is 1. The monoisotopic (exact) mass is 219 g/mol. The SMILES string of the molecule is Cl.Cl.NCCCOCCC(=O)O. The third kappa shape index (κ3) is 16.5. The van der Waals surface area contributed by atoms with Crippen molar-refractivity contribution in [3.05, 3.63) is 0 Å². The van der Waals surface area contributed by atoms with Crippen molar-refractivity contribution >= 4 is 30.8 Å². The lowest BCUT2D eigenvalue weighted by Crippen LogP contribution is -2.07. The Kier molecular flexibility index (Phi) is 20.2. The van der Waals surface area contributed by atoms with Crippen LogP contribution in [0.2, 0.25) is 0 Å². The Hall–Kier alpha value is -0.0300. The Morgan fingerprint density at radius 2 is 1.92 bits per heavy atom. The van der Waals surface area contributed by atoms with Crippen LogP contribution in [-0.2, 0) is 9.53 Å². The normalized spacial score (nSPS) is 8.08.